The van der Waals surface area contributed by atoms with Gasteiger partial charge in [0.25, 0.3) is 5.69 Å². The zero-order valence-electron chi connectivity index (χ0n) is 14.6. The van der Waals surface area contributed by atoms with Gasteiger partial charge < -0.3 is 10.2 Å². The predicted molar refractivity (Wildman–Crippen MR) is 101 cm³/mol. The third-order valence-corrected chi connectivity index (χ3v) is 5.34. The van der Waals surface area contributed by atoms with Gasteiger partial charge >= 0.3 is 0 Å². The van der Waals surface area contributed by atoms with Crippen LogP contribution in [0.5, 0.6) is 0 Å². The van der Waals surface area contributed by atoms with Crippen molar-refractivity contribution in [3.8, 4) is 0 Å². The second-order valence-electron chi connectivity index (χ2n) is 6.04. The topological polar surface area (TPSA) is 106 Å². The Morgan fingerprint density at radius 2 is 1.93 bits per heavy atom. The highest BCUT2D eigenvalue weighted by molar-refractivity contribution is 7.89. The molecule has 3 N–H and O–H groups in total. The molecule has 11 heteroatoms. The van der Waals surface area contributed by atoms with Crippen molar-refractivity contribution in [1.29, 1.82) is 0 Å². The number of rotatable bonds is 8. The van der Waals surface area contributed by atoms with E-state index < -0.39 is 26.5 Å². The molecule has 0 amide bonds. The second kappa shape index (κ2) is 8.61. The van der Waals surface area contributed by atoms with Crippen molar-refractivity contribution >= 4 is 38.7 Å². The summed E-state index contributed by atoms with van der Waals surface area (Å²) in [5, 5.41) is 14.0. The van der Waals surface area contributed by atoms with Crippen molar-refractivity contribution in [2.75, 3.05) is 32.5 Å². The number of nitro benzene ring substituents is 1. The number of hydrogen-bond acceptors (Lipinski definition) is 5. The van der Waals surface area contributed by atoms with Crippen LogP contribution >= 0.6 is 11.6 Å². The van der Waals surface area contributed by atoms with Gasteiger partial charge in [0.15, 0.2) is 0 Å². The maximum Gasteiger partial charge on any atom is 0.294 e. The molecule has 0 saturated carbocycles. The quantitative estimate of drug-likeness (QED) is 0.446. The molecule has 0 aliphatic rings. The number of benzene rings is 2. The molecule has 2 aromatic rings. The summed E-state index contributed by atoms with van der Waals surface area (Å²) in [6, 6.07) is 7.26. The first-order valence-electron chi connectivity index (χ1n) is 7.89. The van der Waals surface area contributed by atoms with Crippen molar-refractivity contribution in [3.63, 3.8) is 0 Å². The SMILES string of the molecule is C[NH+](C)CCNS(=O)(=O)c1ccc(Nc2ccc(F)c(Cl)c2)c([N+](=O)[O-])c1. The molecule has 0 aliphatic carbocycles. The standard InChI is InChI=1S/C16H18ClFN4O4S/c1-21(2)8-7-19-27(25,26)12-4-6-15(16(10-12)22(23)24)20-11-3-5-14(18)13(17)9-11/h3-6,9-10,19-20H,7-8H2,1-2H3/p+1. The lowest BCUT2D eigenvalue weighted by atomic mass is 10.2. The van der Waals surface area contributed by atoms with E-state index in [1.54, 1.807) is 0 Å². The molecule has 0 fully saturated rings. The summed E-state index contributed by atoms with van der Waals surface area (Å²) in [5.41, 5.74) is -0.0527. The Morgan fingerprint density at radius 1 is 1.22 bits per heavy atom. The van der Waals surface area contributed by atoms with E-state index >= 15 is 0 Å². The smallest absolute Gasteiger partial charge is 0.294 e. The highest BCUT2D eigenvalue weighted by Crippen LogP contribution is 2.31. The molecule has 27 heavy (non-hydrogen) atoms. The van der Waals surface area contributed by atoms with Crippen LogP contribution in [0.4, 0.5) is 21.5 Å². The van der Waals surface area contributed by atoms with Crippen molar-refractivity contribution in [1.82, 2.24) is 4.72 Å². The average molecular weight is 418 g/mol. The number of nitrogens with zero attached hydrogens (tertiary/aromatic N) is 1. The summed E-state index contributed by atoms with van der Waals surface area (Å²) in [5.74, 6) is -0.621. The van der Waals surface area contributed by atoms with Gasteiger partial charge in [-0.15, -0.1) is 0 Å². The van der Waals surface area contributed by atoms with Crippen LogP contribution in [0, 0.1) is 15.9 Å². The Hall–Kier alpha value is -2.27. The summed E-state index contributed by atoms with van der Waals surface area (Å²) >= 11 is 5.70. The minimum absolute atomic E-state index is 0.0550. The number of hydrogen-bond donors (Lipinski definition) is 3. The Balaban J connectivity index is 2.30. The van der Waals surface area contributed by atoms with Gasteiger partial charge in [-0.3, -0.25) is 10.1 Å². The maximum atomic E-state index is 13.2. The Bertz CT molecular complexity index is 953. The summed E-state index contributed by atoms with van der Waals surface area (Å²) in [7, 11) is -0.128. The van der Waals surface area contributed by atoms with Gasteiger partial charge in [0, 0.05) is 11.8 Å². The molecule has 0 atom stereocenters. The van der Waals surface area contributed by atoms with Gasteiger partial charge in [-0.05, 0) is 30.3 Å². The summed E-state index contributed by atoms with van der Waals surface area (Å²) in [4.78, 5) is 11.5. The average Bonchev–Trinajstić information content (AvgIpc) is 2.57. The molecule has 8 nitrogen and oxygen atoms in total. The Labute approximate surface area is 161 Å². The first kappa shape index (κ1) is 21.0. The molecule has 0 bridgehead atoms. The molecule has 0 radical (unpaired) electrons. The Kier molecular flexibility index (Phi) is 6.71. The van der Waals surface area contributed by atoms with Crippen LogP contribution in [0.1, 0.15) is 0 Å². The zero-order chi connectivity index (χ0) is 20.2. The van der Waals surface area contributed by atoms with E-state index in [2.05, 4.69) is 10.0 Å². The lowest BCUT2D eigenvalue weighted by Crippen LogP contribution is -3.06. The van der Waals surface area contributed by atoms with Gasteiger partial charge in [0.2, 0.25) is 10.0 Å². The first-order chi connectivity index (χ1) is 12.6. The lowest BCUT2D eigenvalue weighted by molar-refractivity contribution is -0.856. The summed E-state index contributed by atoms with van der Waals surface area (Å²) in [6.07, 6.45) is 0. The molecule has 0 heterocycles. The molecule has 146 valence electrons. The van der Waals surface area contributed by atoms with E-state index in [1.165, 1.54) is 24.3 Å². The van der Waals surface area contributed by atoms with Crippen LogP contribution in [0.3, 0.4) is 0 Å². The molecule has 0 spiro atoms. The van der Waals surface area contributed by atoms with Crippen LogP contribution < -0.4 is 14.9 Å². The van der Waals surface area contributed by atoms with Gasteiger partial charge in [0.05, 0.1) is 42.0 Å². The molecular formula is C16H19ClFN4O4S+. The molecule has 2 aromatic carbocycles. The zero-order valence-corrected chi connectivity index (χ0v) is 16.2. The lowest BCUT2D eigenvalue weighted by Gasteiger charge is -2.11. The van der Waals surface area contributed by atoms with Crippen molar-refractivity contribution in [2.24, 2.45) is 0 Å². The van der Waals surface area contributed by atoms with Gasteiger partial charge in [-0.25, -0.2) is 17.5 Å². The number of sulfonamides is 1. The van der Waals surface area contributed by atoms with Crippen LogP contribution in [-0.4, -0.2) is 40.5 Å². The predicted octanol–water partition coefficient (Wildman–Crippen LogP) is 1.55. The minimum atomic E-state index is -3.88. The summed E-state index contributed by atoms with van der Waals surface area (Å²) < 4.78 is 40.3. The van der Waals surface area contributed by atoms with Crippen LogP contribution in [-0.2, 0) is 10.0 Å². The van der Waals surface area contributed by atoms with Crippen LogP contribution in [0.25, 0.3) is 0 Å². The number of nitro groups is 1. The molecule has 0 aromatic heterocycles. The van der Waals surface area contributed by atoms with Crippen LogP contribution in [0.15, 0.2) is 41.3 Å². The van der Waals surface area contributed by atoms with E-state index in [4.69, 9.17) is 11.6 Å². The van der Waals surface area contributed by atoms with E-state index in [1.807, 2.05) is 14.1 Å². The third-order valence-electron chi connectivity index (χ3n) is 3.59. The van der Waals surface area contributed by atoms with E-state index in [-0.39, 0.29) is 22.2 Å². The fourth-order valence-electron chi connectivity index (χ4n) is 2.18. The Morgan fingerprint density at radius 3 is 2.52 bits per heavy atom. The highest BCUT2D eigenvalue weighted by atomic mass is 35.5. The molecule has 0 saturated heterocycles. The molecule has 2 rings (SSSR count). The van der Waals surface area contributed by atoms with E-state index in [0.29, 0.717) is 12.2 Å². The third kappa shape index (κ3) is 5.60. The van der Waals surface area contributed by atoms with Crippen molar-refractivity contribution < 1.29 is 22.6 Å². The summed E-state index contributed by atoms with van der Waals surface area (Å²) in [6.45, 7) is 0.763. The van der Waals surface area contributed by atoms with E-state index in [9.17, 15) is 22.9 Å². The van der Waals surface area contributed by atoms with Crippen molar-refractivity contribution in [2.45, 2.75) is 4.90 Å². The number of anilines is 2. The maximum absolute atomic E-state index is 13.2. The number of quaternary nitrogens is 1. The van der Waals surface area contributed by atoms with Crippen LogP contribution in [0.2, 0.25) is 5.02 Å². The largest absolute Gasteiger partial charge is 0.350 e. The number of likely N-dealkylation sites (N-methyl/N-ethyl adjacent to an activating group) is 1. The fourth-order valence-corrected chi connectivity index (χ4v) is 3.42. The molecular weight excluding hydrogens is 399 g/mol. The number of halogens is 2. The monoisotopic (exact) mass is 417 g/mol. The number of nitrogens with one attached hydrogen (secondary N) is 3. The first-order valence-corrected chi connectivity index (χ1v) is 9.75. The highest BCUT2D eigenvalue weighted by Gasteiger charge is 2.21. The normalized spacial score (nSPS) is 11.6. The minimum Gasteiger partial charge on any atom is -0.350 e. The van der Waals surface area contributed by atoms with Gasteiger partial charge in [-0.2, -0.15) is 0 Å². The second-order valence-corrected chi connectivity index (χ2v) is 8.22. The molecule has 0 aliphatic heterocycles. The van der Waals surface area contributed by atoms with Gasteiger partial charge in [-0.1, -0.05) is 11.6 Å². The van der Waals surface area contributed by atoms with Gasteiger partial charge in [0.1, 0.15) is 11.5 Å². The van der Waals surface area contributed by atoms with E-state index in [0.717, 1.165) is 17.0 Å². The van der Waals surface area contributed by atoms with Crippen molar-refractivity contribution in [3.05, 3.63) is 57.4 Å². The fraction of sp³-hybridized carbons (Fsp3) is 0.250. The molecule has 0 unspecified atom stereocenters.